The number of hydrogen-bond acceptors (Lipinski definition) is 4. The molecule has 7 heteroatoms. The Bertz CT molecular complexity index is 587. The lowest BCUT2D eigenvalue weighted by atomic mass is 10.0. The van der Waals surface area contributed by atoms with E-state index in [2.05, 4.69) is 9.89 Å². The van der Waals surface area contributed by atoms with Gasteiger partial charge < -0.3 is 15.7 Å². The van der Waals surface area contributed by atoms with E-state index in [1.807, 2.05) is 18.2 Å². The van der Waals surface area contributed by atoms with E-state index in [0.29, 0.717) is 37.7 Å². The molecule has 23 heavy (non-hydrogen) atoms. The van der Waals surface area contributed by atoms with Gasteiger partial charge in [-0.3, -0.25) is 9.79 Å². The zero-order valence-corrected chi connectivity index (χ0v) is 14.4. The number of nitrogens with zero attached hydrogens (tertiary/aromatic N) is 2. The minimum Gasteiger partial charge on any atom is -0.481 e. The van der Waals surface area contributed by atoms with Crippen LogP contribution in [0.1, 0.15) is 30.9 Å². The van der Waals surface area contributed by atoms with E-state index in [1.54, 1.807) is 0 Å². The first-order chi connectivity index (χ1) is 11.1. The zero-order valence-electron chi connectivity index (χ0n) is 12.8. The lowest BCUT2D eigenvalue weighted by Gasteiger charge is -2.23. The normalized spacial score (nSPS) is 16.1. The standard InChI is InChI=1S/C16H21Cl2N3O2/c17-6-8-21(9-7-18)11-4-5-12-14(10-11)20-13(16(12)19)2-1-3-15(22)23/h4-5,10,16H,1-3,6-9,19H2,(H,22,23). The van der Waals surface area contributed by atoms with Crippen molar-refractivity contribution in [2.75, 3.05) is 29.7 Å². The van der Waals surface area contributed by atoms with Crippen molar-refractivity contribution in [2.24, 2.45) is 10.7 Å². The molecule has 0 radical (unpaired) electrons. The van der Waals surface area contributed by atoms with Crippen LogP contribution in [0.3, 0.4) is 0 Å². The maximum Gasteiger partial charge on any atom is 0.303 e. The molecular weight excluding hydrogens is 337 g/mol. The Morgan fingerprint density at radius 1 is 1.30 bits per heavy atom. The van der Waals surface area contributed by atoms with Crippen LogP contribution in [0, 0.1) is 0 Å². The monoisotopic (exact) mass is 357 g/mol. The fraction of sp³-hybridized carbons (Fsp3) is 0.500. The van der Waals surface area contributed by atoms with Gasteiger partial charge in [0.2, 0.25) is 0 Å². The number of rotatable bonds is 9. The largest absolute Gasteiger partial charge is 0.481 e. The molecule has 0 bridgehead atoms. The Morgan fingerprint density at radius 3 is 2.61 bits per heavy atom. The summed E-state index contributed by atoms with van der Waals surface area (Å²) < 4.78 is 0. The van der Waals surface area contributed by atoms with Gasteiger partial charge in [-0.25, -0.2) is 0 Å². The van der Waals surface area contributed by atoms with Crippen LogP contribution in [0.5, 0.6) is 0 Å². The Kier molecular flexibility index (Phi) is 6.69. The quantitative estimate of drug-likeness (QED) is 0.664. The highest BCUT2D eigenvalue weighted by Crippen LogP contribution is 2.36. The molecule has 0 saturated heterocycles. The smallest absolute Gasteiger partial charge is 0.303 e. The molecular formula is C16H21Cl2N3O2. The topological polar surface area (TPSA) is 78.9 Å². The predicted octanol–water partition coefficient (Wildman–Crippen LogP) is 3.31. The number of aliphatic carboxylic acids is 1. The van der Waals surface area contributed by atoms with Crippen molar-refractivity contribution >= 4 is 46.3 Å². The van der Waals surface area contributed by atoms with Crippen LogP contribution >= 0.6 is 23.2 Å². The highest BCUT2D eigenvalue weighted by atomic mass is 35.5. The number of aliphatic imine (C=N–C) groups is 1. The van der Waals surface area contributed by atoms with E-state index in [-0.39, 0.29) is 12.5 Å². The Morgan fingerprint density at radius 2 is 2.00 bits per heavy atom. The van der Waals surface area contributed by atoms with Crippen molar-refractivity contribution in [3.63, 3.8) is 0 Å². The Labute approximate surface area is 146 Å². The van der Waals surface area contributed by atoms with Crippen LogP contribution in [0.2, 0.25) is 0 Å². The maximum absolute atomic E-state index is 10.6. The second kappa shape index (κ2) is 8.52. The summed E-state index contributed by atoms with van der Waals surface area (Å²) in [6.07, 6.45) is 1.28. The molecule has 1 aromatic rings. The SMILES string of the molecule is NC1C(CCCC(=O)O)=Nc2cc(N(CCCl)CCCl)ccc21. The average molecular weight is 358 g/mol. The van der Waals surface area contributed by atoms with Gasteiger partial charge >= 0.3 is 5.97 Å². The van der Waals surface area contributed by atoms with Crippen molar-refractivity contribution in [1.29, 1.82) is 0 Å². The van der Waals surface area contributed by atoms with E-state index < -0.39 is 5.97 Å². The number of fused-ring (bicyclic) bond motifs is 1. The van der Waals surface area contributed by atoms with Crippen molar-refractivity contribution < 1.29 is 9.90 Å². The average Bonchev–Trinajstić information content (AvgIpc) is 2.83. The van der Waals surface area contributed by atoms with Gasteiger partial charge in [0.25, 0.3) is 0 Å². The highest BCUT2D eigenvalue weighted by molar-refractivity contribution is 6.18. The molecule has 3 N–H and O–H groups in total. The number of carboxylic acid groups (broad SMARTS) is 1. The molecule has 0 fully saturated rings. The molecule has 1 unspecified atom stereocenters. The third kappa shape index (κ3) is 4.59. The summed E-state index contributed by atoms with van der Waals surface area (Å²) in [5.41, 5.74) is 9.92. The summed E-state index contributed by atoms with van der Waals surface area (Å²) >= 11 is 11.7. The van der Waals surface area contributed by atoms with Crippen LogP contribution in [-0.4, -0.2) is 41.6 Å². The van der Waals surface area contributed by atoms with E-state index in [0.717, 1.165) is 22.6 Å². The number of nitrogens with two attached hydrogens (primary N) is 1. The van der Waals surface area contributed by atoms with Crippen molar-refractivity contribution in [2.45, 2.75) is 25.3 Å². The number of anilines is 1. The van der Waals surface area contributed by atoms with Gasteiger partial charge in [-0.05, 0) is 25.0 Å². The lowest BCUT2D eigenvalue weighted by Crippen LogP contribution is -2.27. The molecule has 0 amide bonds. The summed E-state index contributed by atoms with van der Waals surface area (Å²) in [5.74, 6) is 0.253. The molecule has 1 atom stereocenters. The maximum atomic E-state index is 10.6. The second-order valence-electron chi connectivity index (χ2n) is 5.44. The minimum absolute atomic E-state index is 0.132. The Hall–Kier alpha value is -1.30. The first kappa shape index (κ1) is 18.0. The first-order valence-electron chi connectivity index (χ1n) is 7.62. The number of benzene rings is 1. The summed E-state index contributed by atoms with van der Waals surface area (Å²) in [6, 6.07) is 5.74. The van der Waals surface area contributed by atoms with Crippen LogP contribution < -0.4 is 10.6 Å². The van der Waals surface area contributed by atoms with Gasteiger partial charge in [0, 0.05) is 48.2 Å². The van der Waals surface area contributed by atoms with E-state index in [1.165, 1.54) is 0 Å². The number of carboxylic acids is 1. The lowest BCUT2D eigenvalue weighted by molar-refractivity contribution is -0.137. The Balaban J connectivity index is 2.13. The second-order valence-corrected chi connectivity index (χ2v) is 6.19. The molecule has 0 aliphatic carbocycles. The third-order valence-electron chi connectivity index (χ3n) is 3.87. The number of halogens is 2. The van der Waals surface area contributed by atoms with Crippen LogP contribution in [0.4, 0.5) is 11.4 Å². The molecule has 5 nitrogen and oxygen atoms in total. The molecule has 2 rings (SSSR count). The van der Waals surface area contributed by atoms with Gasteiger partial charge in [0.05, 0.1) is 11.7 Å². The molecule has 1 aromatic carbocycles. The van der Waals surface area contributed by atoms with Gasteiger partial charge in [-0.1, -0.05) is 6.07 Å². The molecule has 126 valence electrons. The van der Waals surface area contributed by atoms with Gasteiger partial charge in [0.15, 0.2) is 0 Å². The highest BCUT2D eigenvalue weighted by Gasteiger charge is 2.24. The first-order valence-corrected chi connectivity index (χ1v) is 8.69. The molecule has 1 aliphatic rings. The molecule has 0 spiro atoms. The van der Waals surface area contributed by atoms with Gasteiger partial charge in [-0.15, -0.1) is 23.2 Å². The number of hydrogen-bond donors (Lipinski definition) is 2. The summed E-state index contributed by atoms with van der Waals surface area (Å²) in [5, 5.41) is 8.73. The summed E-state index contributed by atoms with van der Waals surface area (Å²) in [6.45, 7) is 1.43. The predicted molar refractivity (Wildman–Crippen MR) is 95.6 cm³/mol. The van der Waals surface area contributed by atoms with Crippen LogP contribution in [0.15, 0.2) is 23.2 Å². The fourth-order valence-electron chi connectivity index (χ4n) is 2.70. The molecule has 1 aliphatic heterocycles. The third-order valence-corrected chi connectivity index (χ3v) is 4.21. The summed E-state index contributed by atoms with van der Waals surface area (Å²) in [4.78, 5) is 17.3. The molecule has 1 heterocycles. The molecule has 0 aromatic heterocycles. The minimum atomic E-state index is -0.797. The van der Waals surface area contributed by atoms with Crippen molar-refractivity contribution in [1.82, 2.24) is 0 Å². The van der Waals surface area contributed by atoms with Crippen molar-refractivity contribution in [3.05, 3.63) is 23.8 Å². The van der Waals surface area contributed by atoms with Gasteiger partial charge in [0.1, 0.15) is 0 Å². The van der Waals surface area contributed by atoms with Gasteiger partial charge in [-0.2, -0.15) is 0 Å². The molecule has 0 saturated carbocycles. The van der Waals surface area contributed by atoms with E-state index in [9.17, 15) is 4.79 Å². The van der Waals surface area contributed by atoms with E-state index in [4.69, 9.17) is 34.0 Å². The zero-order chi connectivity index (χ0) is 16.8. The number of alkyl halides is 2. The fourth-order valence-corrected chi connectivity index (χ4v) is 3.11. The number of carbonyl (C=O) groups is 1. The van der Waals surface area contributed by atoms with E-state index >= 15 is 0 Å². The summed E-state index contributed by atoms with van der Waals surface area (Å²) in [7, 11) is 0. The van der Waals surface area contributed by atoms with Crippen LogP contribution in [-0.2, 0) is 4.79 Å². The van der Waals surface area contributed by atoms with Crippen LogP contribution in [0.25, 0.3) is 0 Å². The van der Waals surface area contributed by atoms with Crippen molar-refractivity contribution in [3.8, 4) is 0 Å².